The molecule has 0 amide bonds. The van der Waals surface area contributed by atoms with Crippen LogP contribution in [-0.4, -0.2) is 29.9 Å². The maximum absolute atomic E-state index is 12.1. The molecule has 2 heterocycles. The molecule has 0 saturated heterocycles. The van der Waals surface area contributed by atoms with E-state index >= 15 is 0 Å². The Hall–Kier alpha value is -2.06. The number of anilines is 1. The van der Waals surface area contributed by atoms with Crippen LogP contribution in [-0.2, 0) is 16.6 Å². The Balaban J connectivity index is 2.06. The molecule has 0 unspecified atom stereocenters. The van der Waals surface area contributed by atoms with Crippen molar-refractivity contribution in [2.45, 2.75) is 24.9 Å². The van der Waals surface area contributed by atoms with Crippen molar-refractivity contribution in [3.05, 3.63) is 42.6 Å². The summed E-state index contributed by atoms with van der Waals surface area (Å²) >= 11 is 0. The molecule has 0 aromatic carbocycles. The van der Waals surface area contributed by atoms with Crippen molar-refractivity contribution in [1.82, 2.24) is 20.3 Å². The van der Waals surface area contributed by atoms with Gasteiger partial charge in [0.15, 0.2) is 5.03 Å². The topological polar surface area (TPSA) is 96.9 Å². The van der Waals surface area contributed by atoms with Gasteiger partial charge in [-0.2, -0.15) is 8.42 Å². The lowest BCUT2D eigenvalue weighted by Crippen LogP contribution is -2.16. The van der Waals surface area contributed by atoms with Crippen LogP contribution in [0.15, 0.2) is 42.1 Å². The number of aromatic nitrogens is 3. The summed E-state index contributed by atoms with van der Waals surface area (Å²) in [5.41, 5.74) is 1.23. The summed E-state index contributed by atoms with van der Waals surface area (Å²) in [7, 11) is -3.72. The van der Waals surface area contributed by atoms with Crippen LogP contribution >= 0.6 is 0 Å². The summed E-state index contributed by atoms with van der Waals surface area (Å²) < 4.78 is 26.6. The summed E-state index contributed by atoms with van der Waals surface area (Å²) in [4.78, 5) is 11.5. The molecule has 0 fully saturated rings. The molecule has 2 N–H and O–H groups in total. The van der Waals surface area contributed by atoms with Gasteiger partial charge in [0.2, 0.25) is 0 Å². The van der Waals surface area contributed by atoms with Gasteiger partial charge in [-0.3, -0.25) is 4.72 Å². The molecule has 0 saturated carbocycles. The predicted octanol–water partition coefficient (Wildman–Crippen LogP) is 1.17. The first-order valence-electron chi connectivity index (χ1n) is 6.55. The van der Waals surface area contributed by atoms with Gasteiger partial charge in [-0.15, -0.1) is 0 Å². The highest BCUT2D eigenvalue weighted by molar-refractivity contribution is 7.92. The van der Waals surface area contributed by atoms with Gasteiger partial charge in [0.05, 0.1) is 18.1 Å². The molecule has 7 nitrogen and oxygen atoms in total. The minimum absolute atomic E-state index is 0.0365. The second-order valence-corrected chi connectivity index (χ2v) is 6.04. The number of rotatable bonds is 7. The molecule has 8 heteroatoms. The first-order valence-corrected chi connectivity index (χ1v) is 8.03. The van der Waals surface area contributed by atoms with Gasteiger partial charge in [0.25, 0.3) is 10.0 Å². The zero-order valence-electron chi connectivity index (χ0n) is 11.7. The summed E-state index contributed by atoms with van der Waals surface area (Å²) in [6.45, 7) is 3.66. The van der Waals surface area contributed by atoms with Crippen molar-refractivity contribution in [3.63, 3.8) is 0 Å². The van der Waals surface area contributed by atoms with E-state index in [0.29, 0.717) is 12.2 Å². The van der Waals surface area contributed by atoms with E-state index in [2.05, 4.69) is 31.9 Å². The quantitative estimate of drug-likeness (QED) is 0.745. The van der Waals surface area contributed by atoms with Gasteiger partial charge in [0, 0.05) is 12.7 Å². The molecule has 112 valence electrons. The lowest BCUT2D eigenvalue weighted by atomic mass is 10.3. The third kappa shape index (κ3) is 4.47. The van der Waals surface area contributed by atoms with Crippen LogP contribution in [0, 0.1) is 0 Å². The first-order chi connectivity index (χ1) is 10.1. The van der Waals surface area contributed by atoms with Crippen LogP contribution in [0.25, 0.3) is 0 Å². The third-order valence-electron chi connectivity index (χ3n) is 2.64. The van der Waals surface area contributed by atoms with Crippen LogP contribution in [0.1, 0.15) is 18.9 Å². The third-order valence-corrected chi connectivity index (χ3v) is 3.94. The fraction of sp³-hybridized carbons (Fsp3) is 0.308. The Morgan fingerprint density at radius 2 is 1.90 bits per heavy atom. The van der Waals surface area contributed by atoms with Gasteiger partial charge >= 0.3 is 0 Å². The average Bonchev–Trinajstić information content (AvgIpc) is 2.49. The summed E-state index contributed by atoms with van der Waals surface area (Å²) in [6.07, 6.45) is 6.69. The average molecular weight is 307 g/mol. The van der Waals surface area contributed by atoms with Crippen LogP contribution in [0.2, 0.25) is 0 Å². The summed E-state index contributed by atoms with van der Waals surface area (Å²) in [6, 6.07) is 3.22. The molecule has 0 spiro atoms. The van der Waals surface area contributed by atoms with Crippen molar-refractivity contribution in [2.24, 2.45) is 0 Å². The Kier molecular flexibility index (Phi) is 5.18. The van der Waals surface area contributed by atoms with Gasteiger partial charge in [-0.1, -0.05) is 13.0 Å². The van der Waals surface area contributed by atoms with Gasteiger partial charge in [-0.25, -0.2) is 15.0 Å². The normalized spacial score (nSPS) is 11.3. The van der Waals surface area contributed by atoms with E-state index in [0.717, 1.165) is 18.5 Å². The smallest absolute Gasteiger partial charge is 0.279 e. The SMILES string of the molecule is CCCNCc1ccc(S(=O)(=O)Nc2cncnc2)nc1. The monoisotopic (exact) mass is 307 g/mol. The molecule has 2 rings (SSSR count). The van der Waals surface area contributed by atoms with Crippen molar-refractivity contribution in [3.8, 4) is 0 Å². The van der Waals surface area contributed by atoms with Crippen LogP contribution < -0.4 is 10.0 Å². The van der Waals surface area contributed by atoms with Gasteiger partial charge in [-0.05, 0) is 24.6 Å². The molecule has 21 heavy (non-hydrogen) atoms. The minimum Gasteiger partial charge on any atom is -0.313 e. The van der Waals surface area contributed by atoms with Crippen LogP contribution in [0.3, 0.4) is 0 Å². The Labute approximate surface area is 123 Å². The molecule has 0 bridgehead atoms. The lowest BCUT2D eigenvalue weighted by molar-refractivity contribution is 0.597. The van der Waals surface area contributed by atoms with E-state index in [-0.39, 0.29) is 5.03 Å². The predicted molar refractivity (Wildman–Crippen MR) is 79.1 cm³/mol. The molecule has 0 aliphatic rings. The molecule has 2 aromatic rings. The zero-order chi connectivity index (χ0) is 15.1. The van der Waals surface area contributed by atoms with Crippen molar-refractivity contribution < 1.29 is 8.42 Å². The number of pyridine rings is 1. The van der Waals surface area contributed by atoms with E-state index in [4.69, 9.17) is 0 Å². The van der Waals surface area contributed by atoms with E-state index in [9.17, 15) is 8.42 Å². The van der Waals surface area contributed by atoms with Crippen molar-refractivity contribution in [2.75, 3.05) is 11.3 Å². The van der Waals surface area contributed by atoms with Crippen LogP contribution in [0.4, 0.5) is 5.69 Å². The molecular formula is C13H17N5O2S. The molecule has 0 radical (unpaired) electrons. The number of hydrogen-bond donors (Lipinski definition) is 2. The number of nitrogens with one attached hydrogen (secondary N) is 2. The van der Waals surface area contributed by atoms with E-state index < -0.39 is 10.0 Å². The second kappa shape index (κ2) is 7.09. The van der Waals surface area contributed by atoms with E-state index in [1.165, 1.54) is 24.8 Å². The molecule has 0 aliphatic heterocycles. The second-order valence-electron chi connectivity index (χ2n) is 4.41. The van der Waals surface area contributed by atoms with Crippen molar-refractivity contribution in [1.29, 1.82) is 0 Å². The lowest BCUT2D eigenvalue weighted by Gasteiger charge is -2.07. The molecule has 2 aromatic heterocycles. The molecular weight excluding hydrogens is 290 g/mol. The molecule has 0 aliphatic carbocycles. The first kappa shape index (κ1) is 15.3. The minimum atomic E-state index is -3.72. The number of nitrogens with zero attached hydrogens (tertiary/aromatic N) is 3. The van der Waals surface area contributed by atoms with Crippen molar-refractivity contribution >= 4 is 15.7 Å². The van der Waals surface area contributed by atoms with E-state index in [1.807, 2.05) is 0 Å². The summed E-state index contributed by atoms with van der Waals surface area (Å²) in [5.74, 6) is 0. The van der Waals surface area contributed by atoms with Gasteiger partial charge in [0.1, 0.15) is 6.33 Å². The highest BCUT2D eigenvalue weighted by Gasteiger charge is 2.15. The Bertz CT molecular complexity index is 659. The maximum atomic E-state index is 12.1. The highest BCUT2D eigenvalue weighted by Crippen LogP contribution is 2.12. The number of sulfonamides is 1. The number of hydrogen-bond acceptors (Lipinski definition) is 6. The summed E-state index contributed by atoms with van der Waals surface area (Å²) in [5, 5.41) is 3.19. The zero-order valence-corrected chi connectivity index (χ0v) is 12.5. The Morgan fingerprint density at radius 1 is 1.14 bits per heavy atom. The fourth-order valence-electron chi connectivity index (χ4n) is 1.64. The van der Waals surface area contributed by atoms with Crippen LogP contribution in [0.5, 0.6) is 0 Å². The Morgan fingerprint density at radius 3 is 2.52 bits per heavy atom. The highest BCUT2D eigenvalue weighted by atomic mass is 32.2. The fourth-order valence-corrected chi connectivity index (χ4v) is 2.60. The van der Waals surface area contributed by atoms with Gasteiger partial charge < -0.3 is 5.32 Å². The maximum Gasteiger partial charge on any atom is 0.279 e. The molecule has 0 atom stereocenters. The van der Waals surface area contributed by atoms with E-state index in [1.54, 1.807) is 12.3 Å². The standard InChI is InChI=1S/C13H17N5O2S/c1-2-5-14-6-11-3-4-13(17-7-11)21(19,20)18-12-8-15-10-16-9-12/h3-4,7-10,14,18H,2,5-6H2,1H3. The largest absolute Gasteiger partial charge is 0.313 e.